The van der Waals surface area contributed by atoms with E-state index in [4.69, 9.17) is 0 Å². The van der Waals surface area contributed by atoms with Crippen LogP contribution >= 0.6 is 0 Å². The third-order valence-corrected chi connectivity index (χ3v) is 7.04. The van der Waals surface area contributed by atoms with Gasteiger partial charge in [0.1, 0.15) is 0 Å². The van der Waals surface area contributed by atoms with Crippen molar-refractivity contribution in [2.75, 3.05) is 17.8 Å². The Hall–Kier alpha value is -3.50. The van der Waals surface area contributed by atoms with E-state index in [0.717, 1.165) is 36.1 Å². The van der Waals surface area contributed by atoms with Gasteiger partial charge in [-0.3, -0.25) is 4.79 Å². The number of rotatable bonds is 6. The quantitative estimate of drug-likeness (QED) is 0.425. The average Bonchev–Trinajstić information content (AvgIpc) is 2.79. The van der Waals surface area contributed by atoms with Gasteiger partial charge in [0.15, 0.2) is 0 Å². The summed E-state index contributed by atoms with van der Waals surface area (Å²) in [6.45, 7) is 5.42. The van der Waals surface area contributed by atoms with Crippen molar-refractivity contribution in [1.82, 2.24) is 20.6 Å². The second kappa shape index (κ2) is 9.78. The Labute approximate surface area is 198 Å². The van der Waals surface area contributed by atoms with E-state index in [-0.39, 0.29) is 34.2 Å². The van der Waals surface area contributed by atoms with Crippen molar-refractivity contribution in [2.24, 2.45) is 0 Å². The van der Waals surface area contributed by atoms with E-state index in [2.05, 4.69) is 25.3 Å². The Morgan fingerprint density at radius 3 is 2.53 bits per heavy atom. The molecule has 0 bridgehead atoms. The first-order valence-corrected chi connectivity index (χ1v) is 12.5. The lowest BCUT2D eigenvalue weighted by Crippen LogP contribution is -2.45. The standard InChI is InChI=1S/C24H27N5O4S/c1-15-6-3-7-16(2)22(15)20-13-21(30)28-24(27-20)29-34(32,33)19-10-4-8-17(12-19)23(31)26-18-9-5-11-25-14-18/h3-4,6-8,10,12-13,18,25H,5,9,11,14H2,1-2H3,(H,26,31)(H2,27,28,29,30)/t18-/m0/s1. The van der Waals surface area contributed by atoms with Gasteiger partial charge in [0.25, 0.3) is 15.9 Å². The third kappa shape index (κ3) is 5.35. The molecule has 10 heteroatoms. The van der Waals surface area contributed by atoms with Crippen LogP contribution in [-0.4, -0.2) is 48.5 Å². The molecule has 1 aliphatic heterocycles. The number of hydrogen-bond donors (Lipinski definition) is 4. The summed E-state index contributed by atoms with van der Waals surface area (Å²) >= 11 is 0. The lowest BCUT2D eigenvalue weighted by molar-refractivity contribution is 0.0930. The van der Waals surface area contributed by atoms with Crippen molar-refractivity contribution in [3.05, 3.63) is 65.2 Å². The van der Waals surface area contributed by atoms with Crippen molar-refractivity contribution in [3.63, 3.8) is 0 Å². The third-order valence-electron chi connectivity index (χ3n) is 5.71. The number of carbonyl (C=O) groups excluding carboxylic acids is 1. The van der Waals surface area contributed by atoms with Crippen LogP contribution in [-0.2, 0) is 10.0 Å². The highest BCUT2D eigenvalue weighted by molar-refractivity contribution is 7.92. The minimum Gasteiger partial charge on any atom is -0.493 e. The van der Waals surface area contributed by atoms with Crippen LogP contribution in [0.15, 0.2) is 53.4 Å². The Kier molecular flexibility index (Phi) is 6.80. The van der Waals surface area contributed by atoms with Gasteiger partial charge in [-0.05, 0) is 62.6 Å². The topological polar surface area (TPSA) is 133 Å². The minimum atomic E-state index is -4.12. The lowest BCUT2D eigenvalue weighted by Gasteiger charge is -2.23. The molecule has 1 fully saturated rings. The number of amides is 1. The van der Waals surface area contributed by atoms with Gasteiger partial charge >= 0.3 is 0 Å². The molecule has 0 radical (unpaired) electrons. The molecule has 1 atom stereocenters. The van der Waals surface area contributed by atoms with Gasteiger partial charge in [-0.1, -0.05) is 24.3 Å². The first-order valence-electron chi connectivity index (χ1n) is 11.0. The zero-order valence-electron chi connectivity index (χ0n) is 19.0. The normalized spacial score (nSPS) is 16.1. The van der Waals surface area contributed by atoms with Crippen LogP contribution in [0.25, 0.3) is 11.3 Å². The predicted octanol–water partition coefficient (Wildman–Crippen LogP) is 2.75. The average molecular weight is 482 g/mol. The van der Waals surface area contributed by atoms with Gasteiger partial charge < -0.3 is 15.7 Å². The fourth-order valence-corrected chi connectivity index (χ4v) is 5.04. The van der Waals surface area contributed by atoms with Crippen molar-refractivity contribution in [1.29, 1.82) is 0 Å². The van der Waals surface area contributed by atoms with E-state index in [1.54, 1.807) is 6.07 Å². The molecule has 1 saturated heterocycles. The number of nitrogens with one attached hydrogen (secondary N) is 3. The molecule has 9 nitrogen and oxygen atoms in total. The first kappa shape index (κ1) is 23.7. The molecule has 1 aromatic heterocycles. The fourth-order valence-electron chi connectivity index (χ4n) is 4.05. The number of carbonyl (C=O) groups is 1. The van der Waals surface area contributed by atoms with Gasteiger partial charge in [0.2, 0.25) is 11.8 Å². The fraction of sp³-hybridized carbons (Fsp3) is 0.292. The molecule has 0 saturated carbocycles. The number of nitrogens with zero attached hydrogens (tertiary/aromatic N) is 2. The summed E-state index contributed by atoms with van der Waals surface area (Å²) in [6, 6.07) is 12.9. The molecule has 2 heterocycles. The van der Waals surface area contributed by atoms with Crippen LogP contribution in [0, 0.1) is 13.8 Å². The zero-order chi connectivity index (χ0) is 24.3. The van der Waals surface area contributed by atoms with Gasteiger partial charge in [0, 0.05) is 29.8 Å². The maximum Gasteiger partial charge on any atom is 0.264 e. The zero-order valence-corrected chi connectivity index (χ0v) is 19.8. The Bertz CT molecular complexity index is 1300. The van der Waals surface area contributed by atoms with E-state index in [1.807, 2.05) is 32.0 Å². The molecule has 1 aliphatic rings. The SMILES string of the molecule is Cc1cccc(C)c1-c1cc(O)nc(NS(=O)(=O)c2cccc(C(=O)N[C@H]3CCCNC3)c2)n1. The van der Waals surface area contributed by atoms with Crippen LogP contribution in [0.4, 0.5) is 5.95 Å². The smallest absolute Gasteiger partial charge is 0.264 e. The van der Waals surface area contributed by atoms with Crippen molar-refractivity contribution in [3.8, 4) is 17.1 Å². The van der Waals surface area contributed by atoms with E-state index in [1.165, 1.54) is 24.3 Å². The number of aryl methyl sites for hydroxylation is 2. The van der Waals surface area contributed by atoms with E-state index in [9.17, 15) is 18.3 Å². The molecule has 3 aromatic rings. The van der Waals surface area contributed by atoms with Gasteiger partial charge in [-0.15, -0.1) is 0 Å². The molecule has 4 N–H and O–H groups in total. The van der Waals surface area contributed by atoms with E-state index >= 15 is 0 Å². The second-order valence-electron chi connectivity index (χ2n) is 8.35. The maximum absolute atomic E-state index is 13.0. The summed E-state index contributed by atoms with van der Waals surface area (Å²) in [5.74, 6) is -0.961. The van der Waals surface area contributed by atoms with Gasteiger partial charge in [-0.2, -0.15) is 4.98 Å². The molecule has 0 unspecified atom stereocenters. The highest BCUT2D eigenvalue weighted by Crippen LogP contribution is 2.28. The highest BCUT2D eigenvalue weighted by Gasteiger charge is 2.21. The molecule has 0 spiro atoms. The summed E-state index contributed by atoms with van der Waals surface area (Å²) in [5.41, 5.74) is 3.28. The summed E-state index contributed by atoms with van der Waals surface area (Å²) in [7, 11) is -4.12. The molecule has 0 aliphatic carbocycles. The summed E-state index contributed by atoms with van der Waals surface area (Å²) in [6.07, 6.45) is 1.84. The van der Waals surface area contributed by atoms with E-state index < -0.39 is 10.0 Å². The highest BCUT2D eigenvalue weighted by atomic mass is 32.2. The molecule has 4 rings (SSSR count). The van der Waals surface area contributed by atoms with Crippen LogP contribution in [0.5, 0.6) is 5.88 Å². The molecule has 1 amide bonds. The van der Waals surface area contributed by atoms with Crippen LogP contribution < -0.4 is 15.4 Å². The van der Waals surface area contributed by atoms with Crippen LogP contribution in [0.3, 0.4) is 0 Å². The second-order valence-corrected chi connectivity index (χ2v) is 10.0. The predicted molar refractivity (Wildman–Crippen MR) is 129 cm³/mol. The Morgan fingerprint density at radius 2 is 1.82 bits per heavy atom. The number of hydrogen-bond acceptors (Lipinski definition) is 7. The van der Waals surface area contributed by atoms with E-state index in [0.29, 0.717) is 12.2 Å². The number of aromatic nitrogens is 2. The Balaban J connectivity index is 1.58. The summed E-state index contributed by atoms with van der Waals surface area (Å²) in [4.78, 5) is 20.7. The van der Waals surface area contributed by atoms with Crippen molar-refractivity contribution >= 4 is 21.9 Å². The number of benzene rings is 2. The monoisotopic (exact) mass is 481 g/mol. The number of aromatic hydroxyl groups is 1. The van der Waals surface area contributed by atoms with Crippen LogP contribution in [0.1, 0.15) is 34.3 Å². The molecule has 178 valence electrons. The largest absolute Gasteiger partial charge is 0.493 e. The van der Waals surface area contributed by atoms with Crippen molar-refractivity contribution < 1.29 is 18.3 Å². The number of piperidine rings is 1. The lowest BCUT2D eigenvalue weighted by atomic mass is 10.00. The number of sulfonamides is 1. The van der Waals surface area contributed by atoms with Crippen LogP contribution in [0.2, 0.25) is 0 Å². The molecule has 2 aromatic carbocycles. The molecular formula is C24H27N5O4S. The Morgan fingerprint density at radius 1 is 1.09 bits per heavy atom. The van der Waals surface area contributed by atoms with Gasteiger partial charge in [-0.25, -0.2) is 18.1 Å². The summed E-state index contributed by atoms with van der Waals surface area (Å²) in [5, 5.41) is 16.3. The van der Waals surface area contributed by atoms with Gasteiger partial charge in [0.05, 0.1) is 10.6 Å². The molecular weight excluding hydrogens is 454 g/mol. The first-order chi connectivity index (χ1) is 16.2. The maximum atomic E-state index is 13.0. The van der Waals surface area contributed by atoms with Crippen molar-refractivity contribution in [2.45, 2.75) is 37.6 Å². The minimum absolute atomic E-state index is 0.00338. The molecule has 34 heavy (non-hydrogen) atoms. The number of anilines is 1. The summed E-state index contributed by atoms with van der Waals surface area (Å²) < 4.78 is 28.4.